The Bertz CT molecular complexity index is 1390. The summed E-state index contributed by atoms with van der Waals surface area (Å²) in [5, 5.41) is 9.35. The molecular weight excluding hydrogens is 392 g/mol. The fourth-order valence-corrected chi connectivity index (χ4v) is 3.39. The van der Waals surface area contributed by atoms with Gasteiger partial charge in [-0.2, -0.15) is 10.2 Å². The summed E-state index contributed by atoms with van der Waals surface area (Å²) in [7, 11) is 1.83. The molecule has 7 heteroatoms. The number of fused-ring (bicyclic) bond motifs is 1. The average molecular weight is 410 g/mol. The molecule has 0 unspecified atom stereocenters. The molecule has 1 aromatic carbocycles. The minimum absolute atomic E-state index is 0.0413. The zero-order valence-corrected chi connectivity index (χ0v) is 17.3. The number of hydrogen-bond acceptors (Lipinski definition) is 5. The zero-order chi connectivity index (χ0) is 22.1. The smallest absolute Gasteiger partial charge is 0.271 e. The van der Waals surface area contributed by atoms with Crippen LogP contribution in [-0.2, 0) is 16.6 Å². The second kappa shape index (κ2) is 7.81. The molecule has 1 aliphatic rings. The van der Waals surface area contributed by atoms with Crippen LogP contribution < -0.4 is 0 Å². The van der Waals surface area contributed by atoms with Gasteiger partial charge in [0.25, 0.3) is 11.8 Å². The molecule has 0 bridgehead atoms. The molecule has 0 saturated carbocycles. The zero-order valence-electron chi connectivity index (χ0n) is 17.3. The lowest BCUT2D eigenvalue weighted by Gasteiger charge is -2.25. The number of imidazole rings is 1. The summed E-state index contributed by atoms with van der Waals surface area (Å²) in [6, 6.07) is 13.3. The van der Waals surface area contributed by atoms with Crippen molar-refractivity contribution in [2.24, 2.45) is 7.05 Å². The Morgan fingerprint density at radius 1 is 1.16 bits per heavy atom. The fourth-order valence-electron chi connectivity index (χ4n) is 3.39. The molecule has 1 aliphatic heterocycles. The molecule has 4 rings (SSSR count). The van der Waals surface area contributed by atoms with Crippen LogP contribution in [-0.4, -0.2) is 32.8 Å². The predicted molar refractivity (Wildman–Crippen MR) is 114 cm³/mol. The normalized spacial score (nSPS) is 15.4. The molecular formula is C24H18N4O3. The molecule has 0 fully saturated rings. The fraction of sp³-hybridized carbons (Fsp3) is 0.167. The standard InChI is InChI=1S/C24H18N4O3/c1-4-28-23(29)18(15(2)19(14-25)24(28)30)12-17-13-20-22(31-17)26-21(27(20)3)11-10-16-8-6-5-7-9-16/h5-9,12-13H,4H2,1-3H3/b18-12-. The molecule has 3 aromatic rings. The number of aryl methyl sites for hydroxylation is 1. The number of benzene rings is 1. The average Bonchev–Trinajstić information content (AvgIpc) is 3.29. The second-order valence-corrected chi connectivity index (χ2v) is 6.97. The molecule has 152 valence electrons. The van der Waals surface area contributed by atoms with Gasteiger partial charge in [0.05, 0.1) is 0 Å². The Labute approximate surface area is 178 Å². The molecule has 0 radical (unpaired) electrons. The summed E-state index contributed by atoms with van der Waals surface area (Å²) in [5.41, 5.74) is 2.54. The van der Waals surface area contributed by atoms with Gasteiger partial charge in [0.1, 0.15) is 22.9 Å². The summed E-state index contributed by atoms with van der Waals surface area (Å²) < 4.78 is 7.62. The summed E-state index contributed by atoms with van der Waals surface area (Å²) in [5.74, 6) is 6.03. The van der Waals surface area contributed by atoms with Crippen LogP contribution in [0.4, 0.5) is 0 Å². The Morgan fingerprint density at radius 3 is 2.55 bits per heavy atom. The number of likely N-dealkylation sites (N-methyl/N-ethyl adjacent to an activating group) is 1. The number of furan rings is 1. The Hall–Kier alpha value is -4.36. The van der Waals surface area contributed by atoms with Gasteiger partial charge < -0.3 is 8.98 Å². The summed E-state index contributed by atoms with van der Waals surface area (Å²) in [6.07, 6.45) is 1.54. The lowest BCUT2D eigenvalue weighted by atomic mass is 9.95. The minimum atomic E-state index is -0.572. The SMILES string of the molecule is CCN1C(=O)C(C#N)=C(C)/C(=C/c2cc3c(nc(C#Cc4ccccc4)n3C)o2)C1=O. The second-order valence-electron chi connectivity index (χ2n) is 6.97. The Balaban J connectivity index is 1.73. The quantitative estimate of drug-likeness (QED) is 0.368. The van der Waals surface area contributed by atoms with Crippen molar-refractivity contribution in [1.82, 2.24) is 14.5 Å². The van der Waals surface area contributed by atoms with Crippen molar-refractivity contribution in [3.8, 4) is 17.9 Å². The minimum Gasteiger partial charge on any atom is -0.437 e. The molecule has 0 saturated heterocycles. The van der Waals surface area contributed by atoms with Gasteiger partial charge in [0, 0.05) is 30.8 Å². The topological polar surface area (TPSA) is 92.1 Å². The lowest BCUT2D eigenvalue weighted by molar-refractivity contribution is -0.140. The lowest BCUT2D eigenvalue weighted by Crippen LogP contribution is -2.42. The van der Waals surface area contributed by atoms with Crippen LogP contribution in [0, 0.1) is 23.2 Å². The highest BCUT2D eigenvalue weighted by atomic mass is 16.3. The third kappa shape index (κ3) is 3.43. The number of aromatic nitrogens is 2. The molecule has 2 aromatic heterocycles. The maximum absolute atomic E-state index is 12.8. The van der Waals surface area contributed by atoms with Gasteiger partial charge in [-0.15, -0.1) is 0 Å². The first-order chi connectivity index (χ1) is 14.9. The van der Waals surface area contributed by atoms with Crippen LogP contribution in [0.25, 0.3) is 17.3 Å². The van der Waals surface area contributed by atoms with Crippen LogP contribution in [0.15, 0.2) is 57.5 Å². The molecule has 3 heterocycles. The third-order valence-electron chi connectivity index (χ3n) is 5.12. The van der Waals surface area contributed by atoms with Crippen molar-refractivity contribution in [3.63, 3.8) is 0 Å². The van der Waals surface area contributed by atoms with Crippen LogP contribution in [0.1, 0.15) is 31.0 Å². The van der Waals surface area contributed by atoms with E-state index in [2.05, 4.69) is 16.8 Å². The van der Waals surface area contributed by atoms with E-state index in [1.165, 1.54) is 0 Å². The maximum Gasteiger partial charge on any atom is 0.271 e. The van der Waals surface area contributed by atoms with E-state index in [-0.39, 0.29) is 17.7 Å². The van der Waals surface area contributed by atoms with E-state index in [1.54, 1.807) is 26.0 Å². The van der Waals surface area contributed by atoms with Crippen molar-refractivity contribution in [3.05, 3.63) is 70.3 Å². The number of hydrogen-bond donors (Lipinski definition) is 0. The predicted octanol–water partition coefficient (Wildman–Crippen LogP) is 3.18. The molecule has 0 N–H and O–H groups in total. The molecule has 0 atom stereocenters. The maximum atomic E-state index is 12.8. The van der Waals surface area contributed by atoms with E-state index < -0.39 is 11.8 Å². The van der Waals surface area contributed by atoms with Crippen LogP contribution in [0.2, 0.25) is 0 Å². The monoisotopic (exact) mass is 410 g/mol. The van der Waals surface area contributed by atoms with Gasteiger partial charge in [-0.1, -0.05) is 24.1 Å². The van der Waals surface area contributed by atoms with Crippen LogP contribution in [0.3, 0.4) is 0 Å². The van der Waals surface area contributed by atoms with Gasteiger partial charge in [-0.05, 0) is 43.5 Å². The van der Waals surface area contributed by atoms with Gasteiger partial charge in [-0.25, -0.2) is 0 Å². The highest BCUT2D eigenvalue weighted by Crippen LogP contribution is 2.28. The number of nitrogens with zero attached hydrogens (tertiary/aromatic N) is 4. The number of rotatable bonds is 2. The van der Waals surface area contributed by atoms with Crippen molar-refractivity contribution < 1.29 is 14.0 Å². The largest absolute Gasteiger partial charge is 0.437 e. The first-order valence-corrected chi connectivity index (χ1v) is 9.67. The summed E-state index contributed by atoms with van der Waals surface area (Å²) in [4.78, 5) is 30.5. The van der Waals surface area contributed by atoms with Gasteiger partial charge in [0.2, 0.25) is 5.71 Å². The molecule has 2 amide bonds. The Morgan fingerprint density at radius 2 is 1.90 bits per heavy atom. The van der Waals surface area contributed by atoms with E-state index >= 15 is 0 Å². The van der Waals surface area contributed by atoms with Crippen LogP contribution >= 0.6 is 0 Å². The number of amides is 2. The molecule has 0 aliphatic carbocycles. The van der Waals surface area contributed by atoms with Gasteiger partial charge in [-0.3, -0.25) is 14.5 Å². The summed E-state index contributed by atoms with van der Waals surface area (Å²) in [6.45, 7) is 3.45. The first-order valence-electron chi connectivity index (χ1n) is 9.67. The van der Waals surface area contributed by atoms with E-state index in [1.807, 2.05) is 48.0 Å². The number of carbonyl (C=O) groups is 2. The van der Waals surface area contributed by atoms with Gasteiger partial charge in [0.15, 0.2) is 5.82 Å². The van der Waals surface area contributed by atoms with Crippen molar-refractivity contribution in [2.45, 2.75) is 13.8 Å². The molecule has 7 nitrogen and oxygen atoms in total. The van der Waals surface area contributed by atoms with Gasteiger partial charge >= 0.3 is 0 Å². The van der Waals surface area contributed by atoms with Crippen molar-refractivity contribution in [2.75, 3.05) is 6.54 Å². The number of nitriles is 1. The van der Waals surface area contributed by atoms with Crippen molar-refractivity contribution in [1.29, 1.82) is 5.26 Å². The summed E-state index contributed by atoms with van der Waals surface area (Å²) >= 11 is 0. The van der Waals surface area contributed by atoms with E-state index in [4.69, 9.17) is 4.42 Å². The third-order valence-corrected chi connectivity index (χ3v) is 5.12. The Kier molecular flexibility index (Phi) is 5.02. The molecule has 31 heavy (non-hydrogen) atoms. The highest BCUT2D eigenvalue weighted by Gasteiger charge is 2.34. The first kappa shape index (κ1) is 19.9. The van der Waals surface area contributed by atoms with E-state index in [0.717, 1.165) is 16.0 Å². The molecule has 0 spiro atoms. The van der Waals surface area contributed by atoms with E-state index in [9.17, 15) is 14.9 Å². The number of carbonyl (C=O) groups excluding carboxylic acids is 2. The van der Waals surface area contributed by atoms with E-state index in [0.29, 0.717) is 22.9 Å². The highest BCUT2D eigenvalue weighted by molar-refractivity contribution is 6.19. The van der Waals surface area contributed by atoms with Crippen molar-refractivity contribution >= 4 is 29.1 Å². The number of imide groups is 1. The van der Waals surface area contributed by atoms with Crippen LogP contribution in [0.5, 0.6) is 0 Å².